The monoisotopic (exact) mass is 545 g/mol. The number of alkyl halides is 3. The van der Waals surface area contributed by atoms with Crippen molar-refractivity contribution >= 4 is 23.7 Å². The minimum Gasteiger partial charge on any atom is -0.508 e. The normalized spacial score (nSPS) is 18.6. The minimum atomic E-state index is -4.61. The maximum atomic E-state index is 13.3. The summed E-state index contributed by atoms with van der Waals surface area (Å²) in [5, 5.41) is 26.1. The molecular weight excluding hydrogens is 511 g/mol. The number of carboxylic acid groups (broad SMARTS) is 1. The first-order valence-electron chi connectivity index (χ1n) is 12.4. The smallest absolute Gasteiger partial charge is 0.389 e. The summed E-state index contributed by atoms with van der Waals surface area (Å²) in [5.74, 6) is -4.34. The Morgan fingerprint density at radius 3 is 2.24 bits per heavy atom. The molecule has 38 heavy (non-hydrogen) atoms. The van der Waals surface area contributed by atoms with E-state index in [1.807, 2.05) is 0 Å². The zero-order valence-electron chi connectivity index (χ0n) is 21.2. The molecule has 1 fully saturated rings. The maximum absolute atomic E-state index is 13.3. The number of carbonyl (C=O) groups is 4. The number of ether oxygens (including phenoxy) is 1. The highest BCUT2D eigenvalue weighted by molar-refractivity contribution is 5.94. The van der Waals surface area contributed by atoms with E-state index < -0.39 is 72.9 Å². The van der Waals surface area contributed by atoms with Crippen LogP contribution >= 0.6 is 0 Å². The fourth-order valence-corrected chi connectivity index (χ4v) is 3.91. The van der Waals surface area contributed by atoms with E-state index in [2.05, 4.69) is 16.0 Å². The molecule has 5 atom stereocenters. The fraction of sp³-hybridized carbons (Fsp3) is 0.600. The molecule has 1 saturated heterocycles. The van der Waals surface area contributed by atoms with Crippen LogP contribution in [-0.4, -0.2) is 70.9 Å². The molecule has 0 spiro atoms. The standard InChI is InChI=1S/C25H34F3N3O7/c1-3-14(2)20(23(35)29-17(24(36)37)10-11-25(26,27)28)31-21(33)18(13-15-6-8-16(32)9-7-15)30-22(34)19-5-4-12-38-19/h6-9,14,17-20,32H,3-5,10-13H2,1-2H3,(H,29,35)(H,30,34)(H,31,33)(H,36,37)/t14-,17?,18?,19?,20-/m0/s1. The van der Waals surface area contributed by atoms with Crippen LogP contribution in [0, 0.1) is 5.92 Å². The third kappa shape index (κ3) is 9.84. The first-order chi connectivity index (χ1) is 17.8. The van der Waals surface area contributed by atoms with Gasteiger partial charge in [0.2, 0.25) is 17.7 Å². The maximum Gasteiger partial charge on any atom is 0.389 e. The quantitative estimate of drug-likeness (QED) is 0.254. The Morgan fingerprint density at radius 1 is 1.05 bits per heavy atom. The molecule has 1 aromatic carbocycles. The largest absolute Gasteiger partial charge is 0.508 e. The predicted octanol–water partition coefficient (Wildman–Crippen LogP) is 2.04. The number of hydrogen-bond donors (Lipinski definition) is 5. The van der Waals surface area contributed by atoms with Gasteiger partial charge in [0.15, 0.2) is 0 Å². The van der Waals surface area contributed by atoms with Crippen molar-refractivity contribution in [3.05, 3.63) is 29.8 Å². The fourth-order valence-electron chi connectivity index (χ4n) is 3.91. The molecule has 2 rings (SSSR count). The van der Waals surface area contributed by atoms with Crippen LogP contribution in [0.1, 0.15) is 51.5 Å². The lowest BCUT2D eigenvalue weighted by Crippen LogP contribution is -2.58. The summed E-state index contributed by atoms with van der Waals surface area (Å²) < 4.78 is 43.2. The number of carbonyl (C=O) groups excluding carboxylic acids is 3. The van der Waals surface area contributed by atoms with Gasteiger partial charge in [0.1, 0.15) is 30.0 Å². The number of nitrogens with one attached hydrogen (secondary N) is 3. The summed E-state index contributed by atoms with van der Waals surface area (Å²) in [5.41, 5.74) is 0.596. The third-order valence-electron chi connectivity index (χ3n) is 6.36. The molecule has 0 radical (unpaired) electrons. The molecule has 10 nitrogen and oxygen atoms in total. The molecule has 1 aromatic rings. The number of benzene rings is 1. The van der Waals surface area contributed by atoms with Gasteiger partial charge < -0.3 is 30.9 Å². The average Bonchev–Trinajstić information content (AvgIpc) is 3.39. The van der Waals surface area contributed by atoms with E-state index in [1.165, 1.54) is 12.1 Å². The zero-order chi connectivity index (χ0) is 28.5. The lowest BCUT2D eigenvalue weighted by Gasteiger charge is -2.28. The summed E-state index contributed by atoms with van der Waals surface area (Å²) in [6.45, 7) is 3.75. The number of amides is 3. The number of phenols is 1. The summed E-state index contributed by atoms with van der Waals surface area (Å²) in [4.78, 5) is 50.4. The molecular formula is C25H34F3N3O7. The van der Waals surface area contributed by atoms with Crippen molar-refractivity contribution in [3.63, 3.8) is 0 Å². The summed E-state index contributed by atoms with van der Waals surface area (Å²) in [6, 6.07) is 1.71. The number of aliphatic carboxylic acids is 1. The second-order valence-corrected chi connectivity index (χ2v) is 9.36. The third-order valence-corrected chi connectivity index (χ3v) is 6.36. The molecule has 5 N–H and O–H groups in total. The number of rotatable bonds is 13. The number of carboxylic acids is 1. The van der Waals surface area contributed by atoms with E-state index >= 15 is 0 Å². The second kappa shape index (κ2) is 14.0. The Morgan fingerprint density at radius 2 is 1.71 bits per heavy atom. The second-order valence-electron chi connectivity index (χ2n) is 9.36. The van der Waals surface area contributed by atoms with Gasteiger partial charge in [-0.05, 0) is 42.9 Å². The van der Waals surface area contributed by atoms with Gasteiger partial charge >= 0.3 is 12.1 Å². The van der Waals surface area contributed by atoms with E-state index in [0.29, 0.717) is 31.4 Å². The molecule has 13 heteroatoms. The first kappa shape index (κ1) is 30.9. The van der Waals surface area contributed by atoms with Crippen LogP contribution < -0.4 is 16.0 Å². The van der Waals surface area contributed by atoms with Crippen LogP contribution in [0.5, 0.6) is 5.75 Å². The number of phenolic OH excluding ortho intramolecular Hbond substituents is 1. The van der Waals surface area contributed by atoms with E-state index in [1.54, 1.807) is 26.0 Å². The summed E-state index contributed by atoms with van der Waals surface area (Å²) >= 11 is 0. The number of hydrogen-bond acceptors (Lipinski definition) is 6. The van der Waals surface area contributed by atoms with Crippen molar-refractivity contribution in [1.82, 2.24) is 16.0 Å². The molecule has 1 heterocycles. The predicted molar refractivity (Wildman–Crippen MR) is 129 cm³/mol. The van der Waals surface area contributed by atoms with Crippen molar-refractivity contribution in [1.29, 1.82) is 0 Å². The Hall–Kier alpha value is -3.35. The number of aromatic hydroxyl groups is 1. The van der Waals surface area contributed by atoms with Gasteiger partial charge in [-0.25, -0.2) is 4.79 Å². The van der Waals surface area contributed by atoms with Gasteiger partial charge in [-0.15, -0.1) is 0 Å². The molecule has 0 bridgehead atoms. The Labute approximate surface area is 218 Å². The highest BCUT2D eigenvalue weighted by Crippen LogP contribution is 2.22. The van der Waals surface area contributed by atoms with E-state index in [-0.39, 0.29) is 12.2 Å². The number of halogens is 3. The Balaban J connectivity index is 2.20. The van der Waals surface area contributed by atoms with Crippen molar-refractivity contribution in [3.8, 4) is 5.75 Å². The molecule has 0 aliphatic carbocycles. The average molecular weight is 546 g/mol. The van der Waals surface area contributed by atoms with Crippen LogP contribution in [0.3, 0.4) is 0 Å². The summed E-state index contributed by atoms with van der Waals surface area (Å²) in [7, 11) is 0. The molecule has 0 saturated carbocycles. The minimum absolute atomic E-state index is 0.00273. The van der Waals surface area contributed by atoms with Gasteiger partial charge in [0.05, 0.1) is 0 Å². The topological polar surface area (TPSA) is 154 Å². The highest BCUT2D eigenvalue weighted by atomic mass is 19.4. The van der Waals surface area contributed by atoms with Crippen LogP contribution in [0.4, 0.5) is 13.2 Å². The Kier molecular flexibility index (Phi) is 11.4. The van der Waals surface area contributed by atoms with Crippen molar-refractivity contribution in [2.45, 2.75) is 82.8 Å². The lowest BCUT2D eigenvalue weighted by molar-refractivity contribution is -0.148. The van der Waals surface area contributed by atoms with Gasteiger partial charge in [-0.1, -0.05) is 32.4 Å². The van der Waals surface area contributed by atoms with Gasteiger partial charge in [-0.2, -0.15) is 13.2 Å². The molecule has 0 aromatic heterocycles. The first-order valence-corrected chi connectivity index (χ1v) is 12.4. The van der Waals surface area contributed by atoms with Crippen molar-refractivity contribution in [2.24, 2.45) is 5.92 Å². The van der Waals surface area contributed by atoms with Crippen LogP contribution in [0.15, 0.2) is 24.3 Å². The molecule has 3 unspecified atom stereocenters. The molecule has 212 valence electrons. The van der Waals surface area contributed by atoms with Crippen molar-refractivity contribution in [2.75, 3.05) is 6.61 Å². The van der Waals surface area contributed by atoms with E-state index in [4.69, 9.17) is 4.74 Å². The van der Waals surface area contributed by atoms with E-state index in [9.17, 15) is 42.6 Å². The van der Waals surface area contributed by atoms with Crippen LogP contribution in [0.2, 0.25) is 0 Å². The Bertz CT molecular complexity index is 966. The van der Waals surface area contributed by atoms with E-state index in [0.717, 1.165) is 0 Å². The van der Waals surface area contributed by atoms with Crippen LogP contribution in [-0.2, 0) is 30.3 Å². The highest BCUT2D eigenvalue weighted by Gasteiger charge is 2.35. The van der Waals surface area contributed by atoms with Gasteiger partial charge in [0.25, 0.3) is 0 Å². The summed E-state index contributed by atoms with van der Waals surface area (Å²) in [6.07, 6.45) is -6.07. The lowest BCUT2D eigenvalue weighted by atomic mass is 9.96. The van der Waals surface area contributed by atoms with Gasteiger partial charge in [0, 0.05) is 19.4 Å². The molecule has 3 amide bonds. The van der Waals surface area contributed by atoms with Crippen molar-refractivity contribution < 1.29 is 47.3 Å². The SMILES string of the molecule is CC[C@H](C)[C@H](NC(=O)C(Cc1ccc(O)cc1)NC(=O)C1CCCO1)C(=O)NC(CCC(F)(F)F)C(=O)O. The molecule has 1 aliphatic rings. The zero-order valence-corrected chi connectivity index (χ0v) is 21.2. The molecule has 1 aliphatic heterocycles. The van der Waals surface area contributed by atoms with Gasteiger partial charge in [-0.3, -0.25) is 14.4 Å². The van der Waals surface area contributed by atoms with Crippen LogP contribution in [0.25, 0.3) is 0 Å².